The van der Waals surface area contributed by atoms with Crippen molar-refractivity contribution in [3.8, 4) is 6.07 Å². The summed E-state index contributed by atoms with van der Waals surface area (Å²) in [7, 11) is 0. The molecule has 62 valence electrons. The van der Waals surface area contributed by atoms with Crippen molar-refractivity contribution < 1.29 is 4.39 Å². The van der Waals surface area contributed by atoms with Crippen molar-refractivity contribution in [3.05, 3.63) is 29.8 Å². The van der Waals surface area contributed by atoms with Gasteiger partial charge in [0, 0.05) is 6.20 Å². The molecule has 0 fully saturated rings. The second kappa shape index (κ2) is 2.90. The highest BCUT2D eigenvalue weighted by atomic mass is 19.1. The van der Waals surface area contributed by atoms with Crippen LogP contribution in [0.4, 0.5) is 4.39 Å². The van der Waals surface area contributed by atoms with Crippen LogP contribution in [0.15, 0.2) is 18.3 Å². The lowest BCUT2D eigenvalue weighted by Gasteiger charge is -2.14. The average Bonchev–Trinajstić information content (AvgIpc) is 2.05. The summed E-state index contributed by atoms with van der Waals surface area (Å²) in [6.07, 6.45) is 1.48. The molecule has 0 saturated heterocycles. The minimum Gasteiger partial charge on any atom is -0.257 e. The Kier molecular flexibility index (Phi) is 2.09. The molecule has 0 radical (unpaired) electrons. The molecule has 0 bridgehead atoms. The zero-order valence-corrected chi connectivity index (χ0v) is 7.00. The molecule has 12 heavy (non-hydrogen) atoms. The van der Waals surface area contributed by atoms with Gasteiger partial charge in [-0.15, -0.1) is 0 Å². The summed E-state index contributed by atoms with van der Waals surface area (Å²) in [6.45, 7) is 3.27. The lowest BCUT2D eigenvalue weighted by atomic mass is 9.90. The molecule has 0 unspecified atom stereocenters. The van der Waals surface area contributed by atoms with Crippen molar-refractivity contribution >= 4 is 0 Å². The van der Waals surface area contributed by atoms with Gasteiger partial charge in [-0.1, -0.05) is 0 Å². The van der Waals surface area contributed by atoms with Gasteiger partial charge in [0.05, 0.1) is 17.2 Å². The molecule has 0 aliphatic rings. The first-order valence-corrected chi connectivity index (χ1v) is 3.60. The van der Waals surface area contributed by atoms with Crippen LogP contribution < -0.4 is 0 Å². The van der Waals surface area contributed by atoms with Crippen molar-refractivity contribution in [1.82, 2.24) is 4.98 Å². The van der Waals surface area contributed by atoms with Gasteiger partial charge in [-0.25, -0.2) is 4.39 Å². The lowest BCUT2D eigenvalue weighted by molar-refractivity contribution is 0.546. The SMILES string of the molecule is CC(C)(C#N)c1ncccc1F. The average molecular weight is 164 g/mol. The first-order valence-electron chi connectivity index (χ1n) is 3.60. The van der Waals surface area contributed by atoms with E-state index in [9.17, 15) is 4.39 Å². The Morgan fingerprint density at radius 1 is 1.58 bits per heavy atom. The maximum atomic E-state index is 13.1. The number of nitriles is 1. The van der Waals surface area contributed by atoms with Crippen LogP contribution in [-0.4, -0.2) is 4.98 Å². The molecular weight excluding hydrogens is 155 g/mol. The maximum absolute atomic E-state index is 13.1. The summed E-state index contributed by atoms with van der Waals surface area (Å²) >= 11 is 0. The molecule has 0 aliphatic carbocycles. The van der Waals surface area contributed by atoms with Gasteiger partial charge < -0.3 is 0 Å². The van der Waals surface area contributed by atoms with Gasteiger partial charge in [-0.3, -0.25) is 4.98 Å². The third kappa shape index (κ3) is 1.42. The molecule has 0 amide bonds. The fraction of sp³-hybridized carbons (Fsp3) is 0.333. The number of rotatable bonds is 1. The second-order valence-corrected chi connectivity index (χ2v) is 3.07. The van der Waals surface area contributed by atoms with E-state index < -0.39 is 11.2 Å². The summed E-state index contributed by atoms with van der Waals surface area (Å²) in [5.41, 5.74) is -0.654. The molecule has 0 spiro atoms. The Morgan fingerprint density at radius 3 is 2.75 bits per heavy atom. The van der Waals surface area contributed by atoms with Gasteiger partial charge in [0.1, 0.15) is 5.82 Å². The van der Waals surface area contributed by atoms with Gasteiger partial charge in [0.25, 0.3) is 0 Å². The van der Waals surface area contributed by atoms with Crippen LogP contribution in [0.1, 0.15) is 19.5 Å². The summed E-state index contributed by atoms with van der Waals surface area (Å²) in [5.74, 6) is -0.427. The van der Waals surface area contributed by atoms with Crippen LogP contribution in [0.25, 0.3) is 0 Å². The minimum absolute atomic E-state index is 0.201. The van der Waals surface area contributed by atoms with E-state index in [0.717, 1.165) is 0 Å². The normalized spacial score (nSPS) is 10.8. The minimum atomic E-state index is -0.856. The Hall–Kier alpha value is -1.43. The molecular formula is C9H9FN2. The fourth-order valence-corrected chi connectivity index (χ4v) is 0.899. The standard InChI is InChI=1S/C9H9FN2/c1-9(2,6-11)8-7(10)4-3-5-12-8/h3-5H,1-2H3. The van der Waals surface area contributed by atoms with E-state index in [1.54, 1.807) is 13.8 Å². The summed E-state index contributed by atoms with van der Waals surface area (Å²) in [6, 6.07) is 4.81. The van der Waals surface area contributed by atoms with Crippen molar-refractivity contribution in [2.75, 3.05) is 0 Å². The predicted molar refractivity (Wildman–Crippen MR) is 42.8 cm³/mol. The molecule has 0 atom stereocenters. The largest absolute Gasteiger partial charge is 0.257 e. The van der Waals surface area contributed by atoms with E-state index in [-0.39, 0.29) is 5.69 Å². The molecule has 0 aliphatic heterocycles. The molecule has 0 saturated carbocycles. The van der Waals surface area contributed by atoms with E-state index in [4.69, 9.17) is 5.26 Å². The molecule has 2 nitrogen and oxygen atoms in total. The second-order valence-electron chi connectivity index (χ2n) is 3.07. The van der Waals surface area contributed by atoms with E-state index in [0.29, 0.717) is 0 Å². The van der Waals surface area contributed by atoms with Gasteiger partial charge in [0.2, 0.25) is 0 Å². The molecule has 0 aromatic carbocycles. The quantitative estimate of drug-likeness (QED) is 0.636. The van der Waals surface area contributed by atoms with Crippen LogP contribution in [0.5, 0.6) is 0 Å². The number of nitrogens with zero attached hydrogens (tertiary/aromatic N) is 2. The number of hydrogen-bond donors (Lipinski definition) is 0. The van der Waals surface area contributed by atoms with Gasteiger partial charge in [0.15, 0.2) is 0 Å². The van der Waals surface area contributed by atoms with E-state index in [1.165, 1.54) is 18.3 Å². The number of hydrogen-bond acceptors (Lipinski definition) is 2. The molecule has 1 aromatic rings. The maximum Gasteiger partial charge on any atom is 0.146 e. The first-order chi connectivity index (χ1) is 5.58. The highest BCUT2D eigenvalue weighted by Gasteiger charge is 2.24. The predicted octanol–water partition coefficient (Wildman–Crippen LogP) is 2.02. The molecule has 0 N–H and O–H groups in total. The number of aromatic nitrogens is 1. The van der Waals surface area contributed by atoms with Gasteiger partial charge in [-0.05, 0) is 26.0 Å². The Morgan fingerprint density at radius 2 is 2.25 bits per heavy atom. The molecule has 1 aromatic heterocycles. The van der Waals surface area contributed by atoms with Crippen molar-refractivity contribution in [2.24, 2.45) is 0 Å². The van der Waals surface area contributed by atoms with Crippen molar-refractivity contribution in [3.63, 3.8) is 0 Å². The van der Waals surface area contributed by atoms with Crippen LogP contribution in [0.3, 0.4) is 0 Å². The summed E-state index contributed by atoms with van der Waals surface area (Å²) < 4.78 is 13.1. The van der Waals surface area contributed by atoms with E-state index in [2.05, 4.69) is 4.98 Å². The topological polar surface area (TPSA) is 36.7 Å². The van der Waals surface area contributed by atoms with Crippen molar-refractivity contribution in [2.45, 2.75) is 19.3 Å². The number of pyridine rings is 1. The van der Waals surface area contributed by atoms with Crippen LogP contribution in [-0.2, 0) is 5.41 Å². The molecule has 1 rings (SSSR count). The van der Waals surface area contributed by atoms with E-state index in [1.807, 2.05) is 6.07 Å². The smallest absolute Gasteiger partial charge is 0.146 e. The zero-order chi connectivity index (χ0) is 9.19. The zero-order valence-electron chi connectivity index (χ0n) is 7.00. The van der Waals surface area contributed by atoms with Crippen LogP contribution in [0, 0.1) is 17.1 Å². The van der Waals surface area contributed by atoms with E-state index >= 15 is 0 Å². The Bertz CT molecular complexity index is 326. The Balaban J connectivity index is 3.22. The van der Waals surface area contributed by atoms with Crippen LogP contribution in [0.2, 0.25) is 0 Å². The summed E-state index contributed by atoms with van der Waals surface area (Å²) in [4.78, 5) is 3.82. The first kappa shape index (κ1) is 8.66. The third-order valence-corrected chi connectivity index (χ3v) is 1.63. The highest BCUT2D eigenvalue weighted by Crippen LogP contribution is 2.21. The molecule has 1 heterocycles. The fourth-order valence-electron chi connectivity index (χ4n) is 0.899. The summed E-state index contributed by atoms with van der Waals surface area (Å²) in [5, 5.41) is 8.72. The third-order valence-electron chi connectivity index (χ3n) is 1.63. The van der Waals surface area contributed by atoms with Crippen LogP contribution >= 0.6 is 0 Å². The van der Waals surface area contributed by atoms with Gasteiger partial charge in [-0.2, -0.15) is 5.26 Å². The highest BCUT2D eigenvalue weighted by molar-refractivity contribution is 5.24. The van der Waals surface area contributed by atoms with Crippen molar-refractivity contribution in [1.29, 1.82) is 5.26 Å². The lowest BCUT2D eigenvalue weighted by Crippen LogP contribution is -2.17. The van der Waals surface area contributed by atoms with Gasteiger partial charge >= 0.3 is 0 Å². The monoisotopic (exact) mass is 164 g/mol. The number of halogens is 1. The molecule has 3 heteroatoms. The Labute approximate surface area is 70.7 Å².